The minimum Gasteiger partial charge on any atom is -0.629 e. The summed E-state index contributed by atoms with van der Waals surface area (Å²) in [6.45, 7) is 6.20. The summed E-state index contributed by atoms with van der Waals surface area (Å²) in [4.78, 5) is 2.11. The van der Waals surface area contributed by atoms with Gasteiger partial charge in [-0.15, -0.1) is 6.58 Å². The van der Waals surface area contributed by atoms with Gasteiger partial charge in [-0.2, -0.15) is 0 Å². The quantitative estimate of drug-likeness (QED) is 0.0824. The molecular formula is C44H47BN4O5S2. The second-order valence-corrected chi connectivity index (χ2v) is 18.7. The lowest BCUT2D eigenvalue weighted by Gasteiger charge is -2.51. The molecule has 0 saturated carbocycles. The molecule has 8 rings (SSSR count). The predicted molar refractivity (Wildman–Crippen MR) is 220 cm³/mol. The van der Waals surface area contributed by atoms with E-state index in [4.69, 9.17) is 4.65 Å². The number of aryl methyl sites for hydroxylation is 2. The van der Waals surface area contributed by atoms with Crippen molar-refractivity contribution >= 4 is 32.7 Å². The van der Waals surface area contributed by atoms with E-state index in [0.29, 0.717) is 36.5 Å². The normalized spacial score (nSPS) is 21.8. The first-order chi connectivity index (χ1) is 27.1. The Bertz CT molecular complexity index is 2320. The van der Waals surface area contributed by atoms with Crippen molar-refractivity contribution in [3.63, 3.8) is 0 Å². The summed E-state index contributed by atoms with van der Waals surface area (Å²) < 4.78 is 76.5. The summed E-state index contributed by atoms with van der Waals surface area (Å²) in [5.41, 5.74) is 3.95. The maximum absolute atomic E-state index is 16.0. The number of hydrogen-bond acceptors (Lipinski definition) is 6. The van der Waals surface area contributed by atoms with Crippen molar-refractivity contribution in [2.24, 2.45) is 0 Å². The van der Waals surface area contributed by atoms with Gasteiger partial charge in [0, 0.05) is 24.9 Å². The Hall–Kier alpha value is -4.85. The highest BCUT2D eigenvalue weighted by Crippen LogP contribution is 2.58. The average Bonchev–Trinajstić information content (AvgIpc) is 3.93. The van der Waals surface area contributed by atoms with Crippen molar-refractivity contribution in [1.82, 2.24) is 13.2 Å². The van der Waals surface area contributed by atoms with Gasteiger partial charge in [-0.25, -0.2) is 21.4 Å². The summed E-state index contributed by atoms with van der Waals surface area (Å²) in [5, 5.41) is 0. The second-order valence-electron chi connectivity index (χ2n) is 15.0. The number of rotatable bonds is 10. The molecule has 0 aliphatic carbocycles. The molecule has 12 heteroatoms. The van der Waals surface area contributed by atoms with E-state index in [1.54, 1.807) is 48.5 Å². The monoisotopic (exact) mass is 786 g/mol. The van der Waals surface area contributed by atoms with Crippen LogP contribution in [0.4, 0.5) is 0 Å². The van der Waals surface area contributed by atoms with E-state index in [-0.39, 0.29) is 16.3 Å². The summed E-state index contributed by atoms with van der Waals surface area (Å²) in [6.07, 6.45) is 4.07. The molecule has 3 heterocycles. The van der Waals surface area contributed by atoms with Gasteiger partial charge in [0.05, 0.1) is 9.79 Å². The Kier molecular flexibility index (Phi) is 10.4. The van der Waals surface area contributed by atoms with Crippen LogP contribution in [0.5, 0.6) is 0 Å². The van der Waals surface area contributed by atoms with E-state index in [1.165, 1.54) is 8.43 Å². The lowest BCUT2D eigenvalue weighted by molar-refractivity contribution is -0.514. The number of sulfonamides is 2. The molecule has 3 atom stereocenters. The number of hydrogen-bond donors (Lipinski definition) is 0. The van der Waals surface area contributed by atoms with Gasteiger partial charge in [-0.05, 0) is 67.8 Å². The molecule has 3 saturated heterocycles. The lowest BCUT2D eigenvalue weighted by Crippen LogP contribution is -2.71. The fraction of sp³-hybridized carbons (Fsp3) is 0.250. The van der Waals surface area contributed by atoms with E-state index in [0.717, 1.165) is 29.5 Å². The van der Waals surface area contributed by atoms with E-state index in [1.807, 2.05) is 116 Å². The summed E-state index contributed by atoms with van der Waals surface area (Å²) in [6, 6.07) is 39.4. The molecule has 0 unspecified atom stereocenters. The summed E-state index contributed by atoms with van der Waals surface area (Å²) >= 11 is 0. The first-order valence-electron chi connectivity index (χ1n) is 19.3. The Morgan fingerprint density at radius 2 is 1.09 bits per heavy atom. The average molecular weight is 787 g/mol. The van der Waals surface area contributed by atoms with Crippen LogP contribution in [0.15, 0.2) is 162 Å². The van der Waals surface area contributed by atoms with Gasteiger partial charge in [-0.1, -0.05) is 132 Å². The minimum absolute atomic E-state index is 0.0461. The Labute approximate surface area is 331 Å². The molecule has 0 radical (unpaired) electrons. The van der Waals surface area contributed by atoms with Crippen LogP contribution in [0, 0.1) is 13.8 Å². The molecule has 1 spiro atoms. The Balaban J connectivity index is 1.54. The topological polar surface area (TPSA) is 90.2 Å². The Morgan fingerprint density at radius 3 is 1.52 bits per heavy atom. The zero-order valence-corrected chi connectivity index (χ0v) is 33.4. The third kappa shape index (κ3) is 6.53. The molecule has 3 aliphatic rings. The Morgan fingerprint density at radius 1 is 0.661 bits per heavy atom. The third-order valence-electron chi connectivity index (χ3n) is 11.4. The highest BCUT2D eigenvalue weighted by molar-refractivity contribution is 7.92. The van der Waals surface area contributed by atoms with E-state index >= 15 is 16.8 Å². The van der Waals surface area contributed by atoms with Gasteiger partial charge in [0.1, 0.15) is 19.1 Å². The smallest absolute Gasteiger partial charge is 0.424 e. The standard InChI is InChI=1S/C44H47BN4O5S2/c1-4-16-41-44(46-31-14-15-32-46)54-45(47(41)33-36-17-8-5-9-18-36)48(55(50,51)39-27-23-34(2)24-28-39)42(37-19-10-6-11-20-37)43(38-21-12-7-13-22-38)49(45)56(52,53)40-29-25-35(3)26-30-40/h4-13,17-30,41-43H,1,14-16,31-33H2,2-3H3/t41-,42-,43-/m1/s1. The van der Waals surface area contributed by atoms with Crippen molar-refractivity contribution in [3.05, 3.63) is 180 Å². The maximum atomic E-state index is 16.0. The van der Waals surface area contributed by atoms with Gasteiger partial charge < -0.3 is 9.47 Å². The van der Waals surface area contributed by atoms with E-state index in [9.17, 15) is 0 Å². The number of benzene rings is 5. The first-order valence-corrected chi connectivity index (χ1v) is 22.1. The van der Waals surface area contributed by atoms with Crippen LogP contribution >= 0.6 is 0 Å². The molecule has 0 amide bonds. The fourth-order valence-electron chi connectivity index (χ4n) is 8.81. The van der Waals surface area contributed by atoms with Gasteiger partial charge in [-0.3, -0.25) is 8.43 Å². The van der Waals surface area contributed by atoms with Gasteiger partial charge in [0.25, 0.3) is 0 Å². The van der Waals surface area contributed by atoms with E-state index in [2.05, 4.69) is 11.2 Å². The largest absolute Gasteiger partial charge is 0.629 e. The molecule has 0 aromatic heterocycles. The summed E-state index contributed by atoms with van der Waals surface area (Å²) in [7, 11) is -9.09. The highest BCUT2D eigenvalue weighted by atomic mass is 32.2. The van der Waals surface area contributed by atoms with Crippen LogP contribution in [0.3, 0.4) is 0 Å². The van der Waals surface area contributed by atoms with Crippen LogP contribution in [0.25, 0.3) is 0 Å². The second kappa shape index (κ2) is 15.2. The summed E-state index contributed by atoms with van der Waals surface area (Å²) in [5.74, 6) is 0.562. The zero-order valence-electron chi connectivity index (χ0n) is 31.8. The van der Waals surface area contributed by atoms with Crippen LogP contribution in [-0.4, -0.2) is 66.4 Å². The van der Waals surface area contributed by atoms with Gasteiger partial charge in [0.15, 0.2) is 0 Å². The van der Waals surface area contributed by atoms with Crippen molar-refractivity contribution in [1.29, 1.82) is 0 Å². The molecule has 5 aromatic carbocycles. The van der Waals surface area contributed by atoms with Crippen molar-refractivity contribution in [2.75, 3.05) is 13.1 Å². The van der Waals surface area contributed by atoms with Crippen LogP contribution < -0.4 is 0 Å². The molecule has 9 nitrogen and oxygen atoms in total. The molecule has 288 valence electrons. The van der Waals surface area contributed by atoms with Crippen LogP contribution in [0.2, 0.25) is 0 Å². The van der Waals surface area contributed by atoms with Gasteiger partial charge in [0.2, 0.25) is 20.0 Å². The molecule has 56 heavy (non-hydrogen) atoms. The van der Waals surface area contributed by atoms with Gasteiger partial charge >= 0.3 is 12.7 Å². The maximum Gasteiger partial charge on any atom is 0.424 e. The molecule has 5 aromatic rings. The molecule has 3 fully saturated rings. The molecular weight excluding hydrogens is 739 g/mol. The predicted octanol–water partition coefficient (Wildman–Crippen LogP) is 7.60. The zero-order chi connectivity index (χ0) is 39.1. The van der Waals surface area contributed by atoms with Crippen molar-refractivity contribution < 1.29 is 26.1 Å². The van der Waals surface area contributed by atoms with Crippen molar-refractivity contribution in [2.45, 2.75) is 67.6 Å². The van der Waals surface area contributed by atoms with E-state index < -0.39 is 44.9 Å². The minimum atomic E-state index is -4.55. The number of nitrogens with zero attached hydrogens (tertiary/aromatic N) is 4. The van der Waals surface area contributed by atoms with Crippen molar-refractivity contribution in [3.8, 4) is 0 Å². The lowest BCUT2D eigenvalue weighted by atomic mass is 9.79. The molecule has 3 aliphatic heterocycles. The highest BCUT2D eigenvalue weighted by Gasteiger charge is 2.71. The fourth-order valence-corrected chi connectivity index (χ4v) is 12.6. The third-order valence-corrected chi connectivity index (χ3v) is 15.2. The van der Waals surface area contributed by atoms with Crippen LogP contribution in [0.1, 0.15) is 59.2 Å². The molecule has 0 N–H and O–H groups in total. The van der Waals surface area contributed by atoms with Crippen LogP contribution in [-0.2, 0) is 31.2 Å². The molecule has 0 bridgehead atoms. The SMILES string of the molecule is C=CC[C@@H]1C(=[N+]2CCCC2)O[B-]2(N1Cc1ccccc1)N(S(=O)(=O)c1ccc(C)cc1)[C@H](c1ccccc1)[C@@H](c1ccccc1)N2S(=O)(=O)c1ccc(C)cc1. The first kappa shape index (κ1) is 38.0.